The third-order valence-corrected chi connectivity index (χ3v) is 3.71. The van der Waals surface area contributed by atoms with Crippen LogP contribution in [0.15, 0.2) is 6.07 Å². The van der Waals surface area contributed by atoms with Crippen molar-refractivity contribution in [2.24, 2.45) is 11.1 Å². The van der Waals surface area contributed by atoms with Gasteiger partial charge in [-0.3, -0.25) is 10.00 Å². The van der Waals surface area contributed by atoms with Crippen molar-refractivity contribution in [3.05, 3.63) is 17.5 Å². The highest BCUT2D eigenvalue weighted by molar-refractivity contribution is 5.11. The highest BCUT2D eigenvalue weighted by Crippen LogP contribution is 2.30. The maximum atomic E-state index is 12.4. The number of H-pyrrole nitrogens is 1. The van der Waals surface area contributed by atoms with E-state index in [4.69, 9.17) is 5.73 Å². The van der Waals surface area contributed by atoms with E-state index < -0.39 is 11.9 Å². The third-order valence-electron chi connectivity index (χ3n) is 3.71. The minimum atomic E-state index is -4.39. The second-order valence-electron chi connectivity index (χ2n) is 5.87. The van der Waals surface area contributed by atoms with Gasteiger partial charge in [0.25, 0.3) is 0 Å². The van der Waals surface area contributed by atoms with Crippen molar-refractivity contribution in [2.75, 3.05) is 13.1 Å². The lowest BCUT2D eigenvalue weighted by molar-refractivity contribution is -0.141. The Bertz CT molecular complexity index is 438. The van der Waals surface area contributed by atoms with Gasteiger partial charge in [0.2, 0.25) is 0 Å². The molecule has 0 aliphatic carbocycles. The molecule has 19 heavy (non-hydrogen) atoms. The molecule has 1 fully saturated rings. The molecule has 1 aromatic heterocycles. The Kier molecular flexibility index (Phi) is 3.61. The molecule has 0 saturated carbocycles. The molecule has 0 spiro atoms. The first-order chi connectivity index (χ1) is 8.68. The zero-order valence-corrected chi connectivity index (χ0v) is 11.1. The number of alkyl halides is 3. The van der Waals surface area contributed by atoms with Crippen LogP contribution < -0.4 is 5.73 Å². The summed E-state index contributed by atoms with van der Waals surface area (Å²) in [6, 6.07) is 1.21. The number of aromatic nitrogens is 2. The Morgan fingerprint density at radius 2 is 2.21 bits per heavy atom. The molecule has 7 heteroatoms. The Morgan fingerprint density at radius 3 is 2.74 bits per heavy atom. The van der Waals surface area contributed by atoms with Crippen molar-refractivity contribution in [3.63, 3.8) is 0 Å². The van der Waals surface area contributed by atoms with Gasteiger partial charge in [0.15, 0.2) is 5.69 Å². The maximum Gasteiger partial charge on any atom is 0.435 e. The second kappa shape index (κ2) is 4.79. The van der Waals surface area contributed by atoms with Crippen molar-refractivity contribution < 1.29 is 13.2 Å². The van der Waals surface area contributed by atoms with Gasteiger partial charge in [0.05, 0.1) is 0 Å². The first-order valence-electron chi connectivity index (χ1n) is 6.28. The summed E-state index contributed by atoms with van der Waals surface area (Å²) in [5.41, 5.74) is 5.63. The van der Waals surface area contributed by atoms with E-state index in [0.717, 1.165) is 25.6 Å². The number of hydrogen-bond acceptors (Lipinski definition) is 3. The van der Waals surface area contributed by atoms with E-state index in [0.29, 0.717) is 12.2 Å². The largest absolute Gasteiger partial charge is 0.435 e. The van der Waals surface area contributed by atoms with Crippen molar-refractivity contribution in [1.82, 2.24) is 15.1 Å². The molecule has 4 nitrogen and oxygen atoms in total. The lowest BCUT2D eigenvalue weighted by Gasteiger charge is -2.42. The summed E-state index contributed by atoms with van der Waals surface area (Å²) in [5.74, 6) is 0. The van der Waals surface area contributed by atoms with Gasteiger partial charge in [-0.15, -0.1) is 0 Å². The summed E-state index contributed by atoms with van der Waals surface area (Å²) in [7, 11) is 0. The predicted octanol–water partition coefficient (Wildman–Crippen LogP) is 1.99. The van der Waals surface area contributed by atoms with Crippen LogP contribution in [0.25, 0.3) is 0 Å². The van der Waals surface area contributed by atoms with Gasteiger partial charge in [0.1, 0.15) is 0 Å². The molecule has 0 amide bonds. The molecular weight excluding hydrogens is 257 g/mol. The quantitative estimate of drug-likeness (QED) is 0.868. The monoisotopic (exact) mass is 276 g/mol. The van der Waals surface area contributed by atoms with E-state index in [9.17, 15) is 13.2 Å². The van der Waals surface area contributed by atoms with E-state index in [1.165, 1.54) is 0 Å². The Hall–Kier alpha value is -1.08. The van der Waals surface area contributed by atoms with Gasteiger partial charge < -0.3 is 5.73 Å². The summed E-state index contributed by atoms with van der Waals surface area (Å²) in [6.45, 7) is 6.18. The Labute approximate surface area is 110 Å². The molecule has 1 atom stereocenters. The number of piperidine rings is 1. The van der Waals surface area contributed by atoms with Crippen LogP contribution in [0.3, 0.4) is 0 Å². The van der Waals surface area contributed by atoms with Crippen molar-refractivity contribution in [3.8, 4) is 0 Å². The van der Waals surface area contributed by atoms with Crippen LogP contribution in [0.2, 0.25) is 0 Å². The van der Waals surface area contributed by atoms with Crippen LogP contribution >= 0.6 is 0 Å². The van der Waals surface area contributed by atoms with Gasteiger partial charge in [-0.05, 0) is 17.9 Å². The summed E-state index contributed by atoms with van der Waals surface area (Å²) < 4.78 is 37.3. The number of nitrogens with one attached hydrogen (secondary N) is 1. The molecular formula is C12H19F3N4. The highest BCUT2D eigenvalue weighted by atomic mass is 19.4. The van der Waals surface area contributed by atoms with E-state index >= 15 is 0 Å². The van der Waals surface area contributed by atoms with Crippen LogP contribution in [0, 0.1) is 5.41 Å². The normalized spacial score (nSPS) is 24.6. The molecule has 0 radical (unpaired) electrons. The first kappa shape index (κ1) is 14.3. The number of nitrogens with zero attached hydrogens (tertiary/aromatic N) is 2. The summed E-state index contributed by atoms with van der Waals surface area (Å²) >= 11 is 0. The van der Waals surface area contributed by atoms with Crippen molar-refractivity contribution in [1.29, 1.82) is 0 Å². The van der Waals surface area contributed by atoms with Crippen LogP contribution in [-0.4, -0.2) is 34.2 Å². The van der Waals surface area contributed by atoms with Gasteiger partial charge >= 0.3 is 6.18 Å². The molecule has 108 valence electrons. The van der Waals surface area contributed by atoms with Gasteiger partial charge in [-0.25, -0.2) is 0 Å². The lowest BCUT2D eigenvalue weighted by atomic mass is 9.80. The fraction of sp³-hybridized carbons (Fsp3) is 0.750. The molecule has 1 aliphatic heterocycles. The standard InChI is InChI=1S/C12H19F3N4/c1-11(2)7-19(4-3-9(11)16)6-8-5-10(18-17-8)12(13,14)15/h5,9H,3-4,6-7,16H2,1-2H3,(H,17,18). The molecule has 1 unspecified atom stereocenters. The van der Waals surface area contributed by atoms with Crippen LogP contribution in [0.4, 0.5) is 13.2 Å². The summed E-state index contributed by atoms with van der Waals surface area (Å²) in [4.78, 5) is 2.11. The van der Waals surface area contributed by atoms with Gasteiger partial charge in [-0.2, -0.15) is 18.3 Å². The van der Waals surface area contributed by atoms with E-state index in [1.54, 1.807) is 0 Å². The third kappa shape index (κ3) is 3.27. The van der Waals surface area contributed by atoms with Gasteiger partial charge in [-0.1, -0.05) is 13.8 Å². The second-order valence-corrected chi connectivity index (χ2v) is 5.87. The van der Waals surface area contributed by atoms with Crippen LogP contribution in [-0.2, 0) is 12.7 Å². The Morgan fingerprint density at radius 1 is 1.53 bits per heavy atom. The highest BCUT2D eigenvalue weighted by Gasteiger charge is 2.35. The molecule has 2 heterocycles. The van der Waals surface area contributed by atoms with Crippen molar-refractivity contribution >= 4 is 0 Å². The molecule has 1 aliphatic rings. The number of hydrogen-bond donors (Lipinski definition) is 2. The molecule has 2 rings (SSSR count). The first-order valence-corrected chi connectivity index (χ1v) is 6.28. The topological polar surface area (TPSA) is 57.9 Å². The van der Waals surface area contributed by atoms with Gasteiger partial charge in [0, 0.05) is 31.4 Å². The van der Waals surface area contributed by atoms with E-state index in [-0.39, 0.29) is 11.5 Å². The average Bonchev–Trinajstić information content (AvgIpc) is 2.71. The number of rotatable bonds is 2. The molecule has 0 aromatic carbocycles. The van der Waals surface area contributed by atoms with Crippen LogP contribution in [0.5, 0.6) is 0 Å². The number of nitrogens with two attached hydrogens (primary N) is 1. The van der Waals surface area contributed by atoms with Crippen LogP contribution in [0.1, 0.15) is 31.7 Å². The lowest BCUT2D eigenvalue weighted by Crippen LogP contribution is -2.52. The number of aromatic amines is 1. The fourth-order valence-electron chi connectivity index (χ4n) is 2.45. The maximum absolute atomic E-state index is 12.4. The zero-order chi connectivity index (χ0) is 14.3. The molecule has 1 aromatic rings. The Balaban J connectivity index is 2.00. The molecule has 1 saturated heterocycles. The number of halogens is 3. The van der Waals surface area contributed by atoms with E-state index in [1.807, 2.05) is 0 Å². The minimum absolute atomic E-state index is 0.0227. The number of likely N-dealkylation sites (tertiary alicyclic amines) is 1. The summed E-state index contributed by atoms with van der Waals surface area (Å²) in [6.07, 6.45) is -3.54. The van der Waals surface area contributed by atoms with Crippen molar-refractivity contribution in [2.45, 2.75) is 39.0 Å². The predicted molar refractivity (Wildman–Crippen MR) is 65.2 cm³/mol. The minimum Gasteiger partial charge on any atom is -0.327 e. The fourth-order valence-corrected chi connectivity index (χ4v) is 2.45. The zero-order valence-electron chi connectivity index (χ0n) is 11.1. The SMILES string of the molecule is CC1(C)CN(Cc2cc(C(F)(F)F)n[nH]2)CCC1N. The molecule has 0 bridgehead atoms. The smallest absolute Gasteiger partial charge is 0.327 e. The van der Waals surface area contributed by atoms with E-state index in [2.05, 4.69) is 28.9 Å². The summed E-state index contributed by atoms with van der Waals surface area (Å²) in [5, 5.41) is 5.76. The molecule has 3 N–H and O–H groups in total. The average molecular weight is 276 g/mol.